The molecule has 0 heterocycles. The predicted molar refractivity (Wildman–Crippen MR) is 112 cm³/mol. The molecule has 0 aromatic heterocycles. The van der Waals surface area contributed by atoms with Crippen molar-refractivity contribution in [2.24, 2.45) is 5.16 Å². The van der Waals surface area contributed by atoms with Crippen LogP contribution in [0.25, 0.3) is 0 Å². The minimum atomic E-state index is 0.126. The number of ether oxygens (including phenoxy) is 2. The van der Waals surface area contributed by atoms with Gasteiger partial charge in [0.05, 0.1) is 16.3 Å². The van der Waals surface area contributed by atoms with Gasteiger partial charge in [0.2, 0.25) is 0 Å². The molecule has 2 aromatic rings. The van der Waals surface area contributed by atoms with Crippen LogP contribution >= 0.6 is 46.4 Å². The first-order chi connectivity index (χ1) is 13.0. The minimum absolute atomic E-state index is 0.126. The lowest BCUT2D eigenvalue weighted by Crippen LogP contribution is -1.99. The number of hydrogen-bond donors (Lipinski definition) is 0. The van der Waals surface area contributed by atoms with Gasteiger partial charge < -0.3 is 14.3 Å². The second kappa shape index (κ2) is 11.3. The summed E-state index contributed by atoms with van der Waals surface area (Å²) in [5, 5.41) is 4.53. The zero-order valence-electron chi connectivity index (χ0n) is 14.4. The Morgan fingerprint density at radius 3 is 2.48 bits per heavy atom. The van der Waals surface area contributed by atoms with E-state index in [1.807, 2.05) is 31.2 Å². The number of benzene rings is 2. The van der Waals surface area contributed by atoms with Crippen molar-refractivity contribution in [3.8, 4) is 11.5 Å². The van der Waals surface area contributed by atoms with Crippen LogP contribution in [-0.4, -0.2) is 19.4 Å². The maximum atomic E-state index is 6.26. The number of oxime groups is 1. The number of hydrogen-bond acceptors (Lipinski definition) is 4. The van der Waals surface area contributed by atoms with E-state index < -0.39 is 0 Å². The van der Waals surface area contributed by atoms with Crippen LogP contribution in [0.5, 0.6) is 11.5 Å². The van der Waals surface area contributed by atoms with E-state index in [1.165, 1.54) is 6.08 Å². The van der Waals surface area contributed by atoms with Crippen LogP contribution in [0.15, 0.2) is 52.1 Å². The maximum absolute atomic E-state index is 6.26. The lowest BCUT2D eigenvalue weighted by molar-refractivity contribution is 0.160. The lowest BCUT2D eigenvalue weighted by atomic mass is 10.1. The van der Waals surface area contributed by atoms with Gasteiger partial charge in [-0.05, 0) is 30.2 Å². The molecule has 0 saturated carbocycles. The molecule has 0 fully saturated rings. The van der Waals surface area contributed by atoms with Crippen LogP contribution in [0, 0.1) is 0 Å². The standard InChI is InChI=1S/C19H17Cl4NO3/c1-2-27-24-11-13-4-3-5-14(8-13)12-26-19-16(20)9-15(10-17(19)21)25-7-6-18(22)23/h3-6,8-11H,2,7,12H2,1H3. The molecule has 0 aliphatic carbocycles. The summed E-state index contributed by atoms with van der Waals surface area (Å²) in [5.74, 6) is 0.863. The van der Waals surface area contributed by atoms with Crippen molar-refractivity contribution in [2.75, 3.05) is 13.2 Å². The molecule has 0 unspecified atom stereocenters. The van der Waals surface area contributed by atoms with E-state index in [1.54, 1.807) is 18.3 Å². The van der Waals surface area contributed by atoms with Crippen LogP contribution in [0.4, 0.5) is 0 Å². The Hall–Kier alpha value is -1.59. The fraction of sp³-hybridized carbons (Fsp3) is 0.211. The molecule has 144 valence electrons. The van der Waals surface area contributed by atoms with Gasteiger partial charge in [0.1, 0.15) is 30.1 Å². The van der Waals surface area contributed by atoms with Crippen molar-refractivity contribution in [1.82, 2.24) is 0 Å². The summed E-state index contributed by atoms with van der Waals surface area (Å²) in [6.45, 7) is 2.88. The van der Waals surface area contributed by atoms with Gasteiger partial charge in [-0.15, -0.1) is 0 Å². The number of halogens is 4. The Balaban J connectivity index is 2.03. The summed E-state index contributed by atoms with van der Waals surface area (Å²) >= 11 is 23.6. The topological polar surface area (TPSA) is 40.0 Å². The SMILES string of the molecule is CCON=Cc1cccc(COc2c(Cl)cc(OCC=C(Cl)Cl)cc2Cl)c1. The molecule has 8 heteroatoms. The highest BCUT2D eigenvalue weighted by atomic mass is 35.5. The van der Waals surface area contributed by atoms with Crippen molar-refractivity contribution in [3.63, 3.8) is 0 Å². The molecule has 0 amide bonds. The van der Waals surface area contributed by atoms with Gasteiger partial charge in [-0.2, -0.15) is 0 Å². The highest BCUT2D eigenvalue weighted by Crippen LogP contribution is 2.37. The van der Waals surface area contributed by atoms with E-state index in [0.717, 1.165) is 11.1 Å². The van der Waals surface area contributed by atoms with Gasteiger partial charge >= 0.3 is 0 Å². The highest BCUT2D eigenvalue weighted by Gasteiger charge is 2.11. The average Bonchev–Trinajstić information content (AvgIpc) is 2.61. The van der Waals surface area contributed by atoms with E-state index in [4.69, 9.17) is 60.7 Å². The Bertz CT molecular complexity index is 797. The third kappa shape index (κ3) is 7.51. The van der Waals surface area contributed by atoms with Crippen molar-refractivity contribution in [1.29, 1.82) is 0 Å². The predicted octanol–water partition coefficient (Wildman–Crippen LogP) is 6.64. The normalized spacial score (nSPS) is 10.7. The Morgan fingerprint density at radius 1 is 1.07 bits per heavy atom. The van der Waals surface area contributed by atoms with Crippen molar-refractivity contribution >= 4 is 52.6 Å². The first kappa shape index (κ1) is 21.7. The third-order valence-electron chi connectivity index (χ3n) is 3.20. The van der Waals surface area contributed by atoms with Gasteiger partial charge in [0, 0.05) is 12.1 Å². The fourth-order valence-corrected chi connectivity index (χ4v) is 2.75. The third-order valence-corrected chi connectivity index (χ3v) is 4.07. The number of nitrogens with zero attached hydrogens (tertiary/aromatic N) is 1. The zero-order valence-corrected chi connectivity index (χ0v) is 17.4. The second-order valence-electron chi connectivity index (χ2n) is 5.21. The molecule has 0 bridgehead atoms. The van der Waals surface area contributed by atoms with Crippen LogP contribution < -0.4 is 9.47 Å². The lowest BCUT2D eigenvalue weighted by Gasteiger charge is -2.12. The van der Waals surface area contributed by atoms with E-state index >= 15 is 0 Å². The highest BCUT2D eigenvalue weighted by molar-refractivity contribution is 6.55. The molecule has 0 aliphatic heterocycles. The van der Waals surface area contributed by atoms with Crippen LogP contribution in [0.3, 0.4) is 0 Å². The van der Waals surface area contributed by atoms with Gasteiger partial charge in [0.15, 0.2) is 5.75 Å². The first-order valence-electron chi connectivity index (χ1n) is 7.99. The Labute approximate surface area is 178 Å². The molecule has 0 saturated heterocycles. The zero-order chi connectivity index (χ0) is 19.6. The molecular weight excluding hydrogens is 432 g/mol. The molecule has 2 rings (SSSR count). The molecule has 0 aliphatic rings. The van der Waals surface area contributed by atoms with Gasteiger partial charge in [-0.25, -0.2) is 0 Å². The molecule has 0 radical (unpaired) electrons. The maximum Gasteiger partial charge on any atom is 0.157 e. The fourth-order valence-electron chi connectivity index (χ4n) is 2.05. The molecule has 0 spiro atoms. The van der Waals surface area contributed by atoms with E-state index in [0.29, 0.717) is 34.8 Å². The summed E-state index contributed by atoms with van der Waals surface area (Å²) in [4.78, 5) is 4.96. The summed E-state index contributed by atoms with van der Waals surface area (Å²) in [7, 11) is 0. The quantitative estimate of drug-likeness (QED) is 0.318. The summed E-state index contributed by atoms with van der Waals surface area (Å²) < 4.78 is 11.4. The molecule has 0 atom stereocenters. The van der Waals surface area contributed by atoms with Crippen LogP contribution in [-0.2, 0) is 11.4 Å². The molecule has 0 N–H and O–H groups in total. The van der Waals surface area contributed by atoms with E-state index in [9.17, 15) is 0 Å². The first-order valence-corrected chi connectivity index (χ1v) is 9.51. The summed E-state index contributed by atoms with van der Waals surface area (Å²) in [6, 6.07) is 10.9. The smallest absolute Gasteiger partial charge is 0.157 e. The summed E-state index contributed by atoms with van der Waals surface area (Å²) in [6.07, 6.45) is 3.15. The molecule has 2 aromatic carbocycles. The van der Waals surface area contributed by atoms with Crippen molar-refractivity contribution in [3.05, 3.63) is 68.1 Å². The largest absolute Gasteiger partial charge is 0.489 e. The summed E-state index contributed by atoms with van der Waals surface area (Å²) in [5.41, 5.74) is 1.83. The Kier molecular flexibility index (Phi) is 9.08. The second-order valence-corrected chi connectivity index (χ2v) is 7.03. The monoisotopic (exact) mass is 447 g/mol. The Morgan fingerprint density at radius 2 is 1.81 bits per heavy atom. The average molecular weight is 449 g/mol. The van der Waals surface area contributed by atoms with E-state index in [-0.39, 0.29) is 11.1 Å². The van der Waals surface area contributed by atoms with Crippen LogP contribution in [0.2, 0.25) is 10.0 Å². The number of rotatable bonds is 9. The van der Waals surface area contributed by atoms with Gasteiger partial charge in [0.25, 0.3) is 0 Å². The van der Waals surface area contributed by atoms with Crippen molar-refractivity contribution in [2.45, 2.75) is 13.5 Å². The van der Waals surface area contributed by atoms with Gasteiger partial charge in [-0.1, -0.05) is 69.8 Å². The molecule has 27 heavy (non-hydrogen) atoms. The van der Waals surface area contributed by atoms with Crippen molar-refractivity contribution < 1.29 is 14.3 Å². The van der Waals surface area contributed by atoms with E-state index in [2.05, 4.69) is 5.16 Å². The molecule has 4 nitrogen and oxygen atoms in total. The van der Waals surface area contributed by atoms with Crippen LogP contribution in [0.1, 0.15) is 18.1 Å². The minimum Gasteiger partial charge on any atom is -0.489 e. The molecular formula is C19H17Cl4NO3. The van der Waals surface area contributed by atoms with Gasteiger partial charge in [-0.3, -0.25) is 0 Å².